The molecule has 7 heteroatoms. The highest BCUT2D eigenvalue weighted by atomic mass is 16.5. The molecule has 1 aliphatic heterocycles. The molecule has 1 aromatic heterocycles. The number of ether oxygens (including phenoxy) is 1. The van der Waals surface area contributed by atoms with Crippen molar-refractivity contribution in [1.82, 2.24) is 14.9 Å². The Morgan fingerprint density at radius 3 is 2.80 bits per heavy atom. The zero-order chi connectivity index (χ0) is 14.5. The van der Waals surface area contributed by atoms with Crippen molar-refractivity contribution in [1.29, 1.82) is 0 Å². The first-order valence-electron chi connectivity index (χ1n) is 6.91. The van der Waals surface area contributed by atoms with Crippen molar-refractivity contribution in [3.05, 3.63) is 5.82 Å². The fourth-order valence-electron chi connectivity index (χ4n) is 2.08. The van der Waals surface area contributed by atoms with E-state index in [2.05, 4.69) is 39.3 Å². The number of likely N-dealkylation sites (N-methyl/N-ethyl adjacent to an activating group) is 1. The van der Waals surface area contributed by atoms with Crippen LogP contribution in [0, 0.1) is 6.92 Å². The Morgan fingerprint density at radius 1 is 1.35 bits per heavy atom. The Morgan fingerprint density at radius 2 is 2.10 bits per heavy atom. The number of carbonyl (C=O) groups excluding carboxylic acids is 1. The molecule has 0 aliphatic carbocycles. The van der Waals surface area contributed by atoms with Crippen LogP contribution in [0.5, 0.6) is 5.75 Å². The molecule has 1 amide bonds. The third-order valence-electron chi connectivity index (χ3n) is 3.20. The summed E-state index contributed by atoms with van der Waals surface area (Å²) in [6.07, 6.45) is 0. The van der Waals surface area contributed by atoms with Crippen LogP contribution in [0.1, 0.15) is 19.7 Å². The molecule has 1 aliphatic rings. The van der Waals surface area contributed by atoms with Gasteiger partial charge in [0.15, 0.2) is 18.2 Å². The van der Waals surface area contributed by atoms with Gasteiger partial charge in [-0.25, -0.2) is 9.97 Å². The van der Waals surface area contributed by atoms with Gasteiger partial charge in [0.05, 0.1) is 0 Å². The van der Waals surface area contributed by atoms with Crippen LogP contribution in [0.25, 0.3) is 0 Å². The summed E-state index contributed by atoms with van der Waals surface area (Å²) >= 11 is 0. The van der Waals surface area contributed by atoms with E-state index in [1.165, 1.54) is 0 Å². The summed E-state index contributed by atoms with van der Waals surface area (Å²) in [5, 5.41) is 5.96. The summed E-state index contributed by atoms with van der Waals surface area (Å²) in [6, 6.07) is 0. The predicted octanol–water partition coefficient (Wildman–Crippen LogP) is 0.870. The number of nitrogens with one attached hydrogen (secondary N) is 2. The second kappa shape index (κ2) is 6.51. The van der Waals surface area contributed by atoms with Crippen LogP contribution in [0.2, 0.25) is 0 Å². The Labute approximate surface area is 118 Å². The number of carbonyl (C=O) groups is 1. The standard InChI is InChI=1S/C13H21N5O2/c1-4-18(5-2)7-6-14-12-11-13(16-9(3)15-12)17-10(19)8-20-11/h4-8H2,1-3H3,(H2,14,15,16,17,19). The number of rotatable bonds is 6. The molecule has 0 fully saturated rings. The molecule has 0 saturated carbocycles. The molecular weight excluding hydrogens is 258 g/mol. The molecule has 0 spiro atoms. The van der Waals surface area contributed by atoms with E-state index in [9.17, 15) is 4.79 Å². The minimum atomic E-state index is -0.190. The van der Waals surface area contributed by atoms with Gasteiger partial charge in [0.1, 0.15) is 5.82 Å². The monoisotopic (exact) mass is 279 g/mol. The molecule has 0 atom stereocenters. The van der Waals surface area contributed by atoms with E-state index in [0.717, 1.165) is 26.2 Å². The maximum absolute atomic E-state index is 11.3. The zero-order valence-electron chi connectivity index (χ0n) is 12.2. The lowest BCUT2D eigenvalue weighted by atomic mass is 10.3. The second-order valence-electron chi connectivity index (χ2n) is 4.59. The molecule has 110 valence electrons. The van der Waals surface area contributed by atoms with Crippen molar-refractivity contribution in [2.24, 2.45) is 0 Å². The van der Waals surface area contributed by atoms with Gasteiger partial charge in [-0.2, -0.15) is 0 Å². The van der Waals surface area contributed by atoms with E-state index >= 15 is 0 Å². The summed E-state index contributed by atoms with van der Waals surface area (Å²) in [5.41, 5.74) is 0. The van der Waals surface area contributed by atoms with Crippen molar-refractivity contribution in [2.75, 3.05) is 43.4 Å². The average Bonchev–Trinajstić information content (AvgIpc) is 2.42. The molecule has 2 N–H and O–H groups in total. The normalized spacial score (nSPS) is 13.7. The van der Waals surface area contributed by atoms with Gasteiger partial charge >= 0.3 is 0 Å². The van der Waals surface area contributed by atoms with Gasteiger partial charge in [-0.3, -0.25) is 4.79 Å². The van der Waals surface area contributed by atoms with Gasteiger partial charge in [0.2, 0.25) is 5.75 Å². The summed E-state index contributed by atoms with van der Waals surface area (Å²) < 4.78 is 5.42. The Balaban J connectivity index is 2.06. The molecule has 20 heavy (non-hydrogen) atoms. The van der Waals surface area contributed by atoms with E-state index in [4.69, 9.17) is 4.74 Å². The number of hydrogen-bond acceptors (Lipinski definition) is 6. The van der Waals surface area contributed by atoms with Crippen molar-refractivity contribution in [3.8, 4) is 5.75 Å². The van der Waals surface area contributed by atoms with Crippen LogP contribution in [0.3, 0.4) is 0 Å². The van der Waals surface area contributed by atoms with Gasteiger partial charge in [-0.1, -0.05) is 13.8 Å². The Kier molecular flexibility index (Phi) is 4.73. The minimum Gasteiger partial charge on any atom is -0.476 e. The average molecular weight is 279 g/mol. The molecular formula is C13H21N5O2. The maximum atomic E-state index is 11.3. The van der Waals surface area contributed by atoms with E-state index in [-0.39, 0.29) is 12.5 Å². The van der Waals surface area contributed by atoms with Crippen LogP contribution in [0.15, 0.2) is 0 Å². The topological polar surface area (TPSA) is 79.4 Å². The molecule has 7 nitrogen and oxygen atoms in total. The maximum Gasteiger partial charge on any atom is 0.263 e. The number of amides is 1. The number of nitrogens with zero attached hydrogens (tertiary/aromatic N) is 3. The molecule has 0 bridgehead atoms. The number of fused-ring (bicyclic) bond motifs is 1. The number of hydrogen-bond donors (Lipinski definition) is 2. The summed E-state index contributed by atoms with van der Waals surface area (Å²) in [4.78, 5) is 22.1. The first kappa shape index (κ1) is 14.5. The van der Waals surface area contributed by atoms with E-state index in [1.54, 1.807) is 6.92 Å². The lowest BCUT2D eigenvalue weighted by Gasteiger charge is -2.22. The largest absolute Gasteiger partial charge is 0.476 e. The SMILES string of the molecule is CCN(CC)CCNc1nc(C)nc2c1OCC(=O)N2. The van der Waals surface area contributed by atoms with Gasteiger partial charge < -0.3 is 20.3 Å². The first-order chi connectivity index (χ1) is 9.63. The van der Waals surface area contributed by atoms with Crippen LogP contribution in [-0.2, 0) is 4.79 Å². The lowest BCUT2D eigenvalue weighted by molar-refractivity contribution is -0.118. The fraction of sp³-hybridized carbons (Fsp3) is 0.615. The number of aromatic nitrogens is 2. The van der Waals surface area contributed by atoms with Crippen molar-refractivity contribution in [3.63, 3.8) is 0 Å². The van der Waals surface area contributed by atoms with Crippen LogP contribution in [0.4, 0.5) is 11.6 Å². The Hall–Kier alpha value is -1.89. The van der Waals surface area contributed by atoms with Gasteiger partial charge in [0.25, 0.3) is 5.91 Å². The second-order valence-corrected chi connectivity index (χ2v) is 4.59. The zero-order valence-corrected chi connectivity index (χ0v) is 12.2. The number of aryl methyl sites for hydroxylation is 1. The highest BCUT2D eigenvalue weighted by Crippen LogP contribution is 2.32. The van der Waals surface area contributed by atoms with Crippen molar-refractivity contribution >= 4 is 17.5 Å². The van der Waals surface area contributed by atoms with E-state index in [1.807, 2.05) is 0 Å². The summed E-state index contributed by atoms with van der Waals surface area (Å²) in [5.74, 6) is 2.01. The minimum absolute atomic E-state index is 0.00411. The van der Waals surface area contributed by atoms with Crippen LogP contribution in [-0.4, -0.2) is 53.6 Å². The van der Waals surface area contributed by atoms with Crippen molar-refractivity contribution in [2.45, 2.75) is 20.8 Å². The molecule has 0 radical (unpaired) electrons. The van der Waals surface area contributed by atoms with Crippen LogP contribution >= 0.6 is 0 Å². The summed E-state index contributed by atoms with van der Waals surface area (Å²) in [7, 11) is 0. The van der Waals surface area contributed by atoms with Crippen molar-refractivity contribution < 1.29 is 9.53 Å². The molecule has 2 rings (SSSR count). The third-order valence-corrected chi connectivity index (χ3v) is 3.20. The first-order valence-corrected chi connectivity index (χ1v) is 6.91. The van der Waals surface area contributed by atoms with Gasteiger partial charge in [0, 0.05) is 13.1 Å². The molecule has 0 aromatic carbocycles. The molecule has 0 saturated heterocycles. The van der Waals surface area contributed by atoms with Crippen LogP contribution < -0.4 is 15.4 Å². The molecule has 0 unspecified atom stereocenters. The highest BCUT2D eigenvalue weighted by Gasteiger charge is 2.22. The molecule has 1 aromatic rings. The highest BCUT2D eigenvalue weighted by molar-refractivity contribution is 5.95. The fourth-order valence-corrected chi connectivity index (χ4v) is 2.08. The van der Waals surface area contributed by atoms with Gasteiger partial charge in [-0.05, 0) is 20.0 Å². The number of anilines is 2. The predicted molar refractivity (Wildman–Crippen MR) is 77.2 cm³/mol. The quantitative estimate of drug-likeness (QED) is 0.804. The third kappa shape index (κ3) is 3.36. The lowest BCUT2D eigenvalue weighted by Crippen LogP contribution is -2.30. The summed E-state index contributed by atoms with van der Waals surface area (Å²) in [6.45, 7) is 9.80. The Bertz CT molecular complexity index is 488. The molecule has 2 heterocycles. The van der Waals surface area contributed by atoms with Gasteiger partial charge in [-0.15, -0.1) is 0 Å². The van der Waals surface area contributed by atoms with E-state index in [0.29, 0.717) is 23.2 Å². The smallest absolute Gasteiger partial charge is 0.263 e. The van der Waals surface area contributed by atoms with E-state index < -0.39 is 0 Å².